The Labute approximate surface area is 219 Å². The summed E-state index contributed by atoms with van der Waals surface area (Å²) in [5.41, 5.74) is 1.95. The van der Waals surface area contributed by atoms with Crippen molar-refractivity contribution in [2.45, 2.75) is 44.8 Å². The lowest BCUT2D eigenvalue weighted by Gasteiger charge is -2.31. The molecule has 0 aromatic heterocycles. The van der Waals surface area contributed by atoms with Gasteiger partial charge in [0.1, 0.15) is 12.2 Å². The second kappa shape index (κ2) is 11.2. The summed E-state index contributed by atoms with van der Waals surface area (Å²) in [7, 11) is 1.51. The first-order chi connectivity index (χ1) is 17.3. The smallest absolute Gasteiger partial charge is 0.331 e. The summed E-state index contributed by atoms with van der Waals surface area (Å²) in [6.07, 6.45) is 7.00. The molecular formula is C27H26Cl2N2O5. The van der Waals surface area contributed by atoms with Gasteiger partial charge in [0.05, 0.1) is 7.11 Å². The first-order valence-electron chi connectivity index (χ1n) is 11.6. The molecule has 9 heteroatoms. The third kappa shape index (κ3) is 5.42. The number of urea groups is 1. The molecule has 36 heavy (non-hydrogen) atoms. The summed E-state index contributed by atoms with van der Waals surface area (Å²) >= 11 is 12.3. The van der Waals surface area contributed by atoms with Crippen LogP contribution in [0.5, 0.6) is 11.5 Å². The van der Waals surface area contributed by atoms with Gasteiger partial charge in [0.25, 0.3) is 11.8 Å². The SMILES string of the molecule is C=CCc1cc(/C=C2\C(=O)NC(=O)N(C3CCCC3)C2=O)cc(OC)c1OCc1ccc(Cl)cc1Cl. The molecule has 0 radical (unpaired) electrons. The summed E-state index contributed by atoms with van der Waals surface area (Å²) in [6.45, 7) is 3.99. The van der Waals surface area contributed by atoms with Crippen LogP contribution in [0.1, 0.15) is 42.4 Å². The number of allylic oxidation sites excluding steroid dienone is 1. The number of hydrogen-bond acceptors (Lipinski definition) is 5. The van der Waals surface area contributed by atoms with Gasteiger partial charge in [0.15, 0.2) is 11.5 Å². The summed E-state index contributed by atoms with van der Waals surface area (Å²) in [5, 5.41) is 3.31. The number of amides is 4. The quantitative estimate of drug-likeness (QED) is 0.269. The highest BCUT2D eigenvalue weighted by Gasteiger charge is 2.40. The van der Waals surface area contributed by atoms with E-state index in [4.69, 9.17) is 32.7 Å². The highest BCUT2D eigenvalue weighted by molar-refractivity contribution is 6.35. The number of nitrogens with zero attached hydrogens (tertiary/aromatic N) is 1. The average Bonchev–Trinajstić information content (AvgIpc) is 3.36. The third-order valence-corrected chi connectivity index (χ3v) is 6.85. The molecule has 2 fully saturated rings. The van der Waals surface area contributed by atoms with Crippen LogP contribution < -0.4 is 14.8 Å². The van der Waals surface area contributed by atoms with E-state index in [-0.39, 0.29) is 18.2 Å². The predicted molar refractivity (Wildman–Crippen MR) is 138 cm³/mol. The van der Waals surface area contributed by atoms with Crippen LogP contribution in [0, 0.1) is 0 Å². The first kappa shape index (κ1) is 25.8. The Hall–Kier alpha value is -3.29. The van der Waals surface area contributed by atoms with Gasteiger partial charge in [-0.05, 0) is 55.2 Å². The summed E-state index contributed by atoms with van der Waals surface area (Å²) in [6, 6.07) is 7.77. The molecule has 1 saturated carbocycles. The van der Waals surface area contributed by atoms with Gasteiger partial charge >= 0.3 is 6.03 Å². The number of nitrogens with one attached hydrogen (secondary N) is 1. The number of benzene rings is 2. The van der Waals surface area contributed by atoms with Crippen molar-refractivity contribution < 1.29 is 23.9 Å². The van der Waals surface area contributed by atoms with E-state index in [9.17, 15) is 14.4 Å². The molecule has 1 saturated heterocycles. The third-order valence-electron chi connectivity index (χ3n) is 6.26. The minimum absolute atomic E-state index is 0.102. The zero-order chi connectivity index (χ0) is 25.8. The largest absolute Gasteiger partial charge is 0.493 e. The van der Waals surface area contributed by atoms with Crippen LogP contribution in [0.2, 0.25) is 10.0 Å². The molecule has 0 bridgehead atoms. The van der Waals surface area contributed by atoms with E-state index in [0.29, 0.717) is 33.5 Å². The minimum atomic E-state index is -0.721. The normalized spacial score (nSPS) is 17.5. The molecular weight excluding hydrogens is 503 g/mol. The van der Waals surface area contributed by atoms with Crippen LogP contribution in [0.3, 0.4) is 0 Å². The maximum absolute atomic E-state index is 13.2. The van der Waals surface area contributed by atoms with Gasteiger partial charge < -0.3 is 9.47 Å². The zero-order valence-electron chi connectivity index (χ0n) is 19.8. The topological polar surface area (TPSA) is 84.9 Å². The summed E-state index contributed by atoms with van der Waals surface area (Å²) < 4.78 is 11.7. The molecule has 2 aliphatic rings. The molecule has 1 aliphatic heterocycles. The molecule has 4 amide bonds. The summed E-state index contributed by atoms with van der Waals surface area (Å²) in [5.74, 6) is -0.398. The zero-order valence-corrected chi connectivity index (χ0v) is 21.3. The lowest BCUT2D eigenvalue weighted by Crippen LogP contribution is -2.57. The highest BCUT2D eigenvalue weighted by atomic mass is 35.5. The maximum Gasteiger partial charge on any atom is 0.331 e. The number of barbiturate groups is 1. The minimum Gasteiger partial charge on any atom is -0.493 e. The standard InChI is InChI=1S/C27H26Cl2N2O5/c1-3-6-17-11-16(12-21-25(32)30-27(34)31(26(21)33)20-7-4-5-8-20)13-23(35-2)24(17)36-15-18-9-10-19(28)14-22(18)29/h3,9-14,20H,1,4-8,15H2,2H3,(H,30,32,34)/b21-12+. The van der Waals surface area contributed by atoms with Crippen LogP contribution in [0.15, 0.2) is 48.6 Å². The van der Waals surface area contributed by atoms with Crippen LogP contribution in [0.25, 0.3) is 6.08 Å². The average molecular weight is 529 g/mol. The Balaban J connectivity index is 1.67. The van der Waals surface area contributed by atoms with Crippen molar-refractivity contribution in [2.24, 2.45) is 0 Å². The number of imide groups is 2. The Morgan fingerprint density at radius 1 is 1.11 bits per heavy atom. The molecule has 0 atom stereocenters. The van der Waals surface area contributed by atoms with Crippen LogP contribution in [-0.4, -0.2) is 35.9 Å². The van der Waals surface area contributed by atoms with Crippen molar-refractivity contribution in [1.29, 1.82) is 0 Å². The van der Waals surface area contributed by atoms with Gasteiger partial charge in [-0.1, -0.05) is 48.2 Å². The molecule has 2 aromatic carbocycles. The number of carbonyl (C=O) groups is 3. The van der Waals surface area contributed by atoms with Gasteiger partial charge in [-0.15, -0.1) is 6.58 Å². The second-order valence-corrected chi connectivity index (χ2v) is 9.50. The first-order valence-corrected chi connectivity index (χ1v) is 12.4. The fraction of sp³-hybridized carbons (Fsp3) is 0.296. The maximum atomic E-state index is 13.2. The molecule has 4 rings (SSSR count). The highest BCUT2D eigenvalue weighted by Crippen LogP contribution is 2.36. The van der Waals surface area contributed by atoms with E-state index in [2.05, 4.69) is 11.9 Å². The number of methoxy groups -OCH3 is 1. The molecule has 0 spiro atoms. The van der Waals surface area contributed by atoms with E-state index >= 15 is 0 Å². The van der Waals surface area contributed by atoms with Gasteiger partial charge in [-0.25, -0.2) is 4.79 Å². The van der Waals surface area contributed by atoms with E-state index in [1.165, 1.54) is 18.1 Å². The van der Waals surface area contributed by atoms with E-state index < -0.39 is 17.8 Å². The molecule has 0 unspecified atom stereocenters. The Morgan fingerprint density at radius 2 is 1.86 bits per heavy atom. The van der Waals surface area contributed by atoms with Crippen molar-refractivity contribution in [3.8, 4) is 11.5 Å². The van der Waals surface area contributed by atoms with E-state index in [1.807, 2.05) is 0 Å². The number of carbonyl (C=O) groups excluding carboxylic acids is 3. The second-order valence-electron chi connectivity index (χ2n) is 8.66. The number of hydrogen-bond donors (Lipinski definition) is 1. The molecule has 2 aromatic rings. The van der Waals surface area contributed by atoms with E-state index in [0.717, 1.165) is 36.8 Å². The van der Waals surface area contributed by atoms with Crippen LogP contribution in [0.4, 0.5) is 4.79 Å². The number of rotatable bonds is 8. The van der Waals surface area contributed by atoms with Crippen molar-refractivity contribution in [3.63, 3.8) is 0 Å². The van der Waals surface area contributed by atoms with Gasteiger partial charge in [0.2, 0.25) is 0 Å². The molecule has 188 valence electrons. The van der Waals surface area contributed by atoms with Gasteiger partial charge in [0, 0.05) is 27.2 Å². The summed E-state index contributed by atoms with van der Waals surface area (Å²) in [4.78, 5) is 39.3. The van der Waals surface area contributed by atoms with E-state index in [1.54, 1.807) is 36.4 Å². The molecule has 1 aliphatic carbocycles. The van der Waals surface area contributed by atoms with Crippen molar-refractivity contribution in [3.05, 3.63) is 75.3 Å². The monoisotopic (exact) mass is 528 g/mol. The van der Waals surface area contributed by atoms with Crippen LogP contribution in [-0.2, 0) is 22.6 Å². The van der Waals surface area contributed by atoms with Crippen molar-refractivity contribution >= 4 is 47.1 Å². The molecule has 1 N–H and O–H groups in total. The van der Waals surface area contributed by atoms with Gasteiger partial charge in [-0.3, -0.25) is 19.8 Å². The fourth-order valence-corrected chi connectivity index (χ4v) is 4.97. The Kier molecular flexibility index (Phi) is 8.01. The van der Waals surface area contributed by atoms with Crippen molar-refractivity contribution in [2.75, 3.05) is 7.11 Å². The lowest BCUT2D eigenvalue weighted by atomic mass is 10.0. The Morgan fingerprint density at radius 3 is 2.53 bits per heavy atom. The number of ether oxygens (including phenoxy) is 2. The fourth-order valence-electron chi connectivity index (χ4n) is 4.51. The van der Waals surface area contributed by atoms with Gasteiger partial charge in [-0.2, -0.15) is 0 Å². The lowest BCUT2D eigenvalue weighted by molar-refractivity contribution is -0.131. The predicted octanol–water partition coefficient (Wildman–Crippen LogP) is 5.71. The molecule has 1 heterocycles. The molecule has 7 nitrogen and oxygen atoms in total. The van der Waals surface area contributed by atoms with Crippen molar-refractivity contribution in [1.82, 2.24) is 10.2 Å². The Bertz CT molecular complexity index is 1250. The van der Waals surface area contributed by atoms with Crippen LogP contribution >= 0.6 is 23.2 Å². The number of halogens is 2.